The number of rotatable bonds is 6. The highest BCUT2D eigenvalue weighted by Crippen LogP contribution is 2.24. The maximum atomic E-state index is 12.2. The van der Waals surface area contributed by atoms with Crippen LogP contribution in [0.15, 0.2) is 23.6 Å². The number of carbonyl (C=O) groups is 2. The van der Waals surface area contributed by atoms with Crippen LogP contribution in [0.3, 0.4) is 0 Å². The lowest BCUT2D eigenvalue weighted by molar-refractivity contribution is -0.385. The summed E-state index contributed by atoms with van der Waals surface area (Å²) in [7, 11) is 0. The molecule has 1 amide bonds. The maximum absolute atomic E-state index is 12.2. The summed E-state index contributed by atoms with van der Waals surface area (Å²) in [4.78, 5) is 38.0. The molecule has 0 bridgehead atoms. The van der Waals surface area contributed by atoms with E-state index >= 15 is 0 Å². The first-order chi connectivity index (χ1) is 11.4. The zero-order valence-corrected chi connectivity index (χ0v) is 14.0. The zero-order valence-electron chi connectivity index (χ0n) is 12.4. The molecule has 0 aliphatic rings. The lowest BCUT2D eigenvalue weighted by Crippen LogP contribution is -2.14. The summed E-state index contributed by atoms with van der Waals surface area (Å²) in [5, 5.41) is 15.5. The van der Waals surface area contributed by atoms with Gasteiger partial charge in [0.2, 0.25) is 0 Å². The largest absolute Gasteiger partial charge is 0.466 e. The maximum Gasteiger partial charge on any atom is 0.311 e. The van der Waals surface area contributed by atoms with Gasteiger partial charge >= 0.3 is 5.97 Å². The number of nitrogens with one attached hydrogen (secondary N) is 1. The number of esters is 1. The van der Waals surface area contributed by atoms with Gasteiger partial charge in [-0.2, -0.15) is 0 Å². The number of halogens is 1. The number of nitro groups is 1. The van der Waals surface area contributed by atoms with Crippen molar-refractivity contribution in [3.8, 4) is 0 Å². The van der Waals surface area contributed by atoms with Crippen molar-refractivity contribution >= 4 is 45.6 Å². The van der Waals surface area contributed by atoms with Gasteiger partial charge < -0.3 is 4.74 Å². The molecule has 10 heteroatoms. The van der Waals surface area contributed by atoms with Crippen LogP contribution in [0, 0.1) is 10.1 Å². The highest BCUT2D eigenvalue weighted by atomic mass is 35.5. The first kappa shape index (κ1) is 17.8. The molecule has 126 valence electrons. The third-order valence-electron chi connectivity index (χ3n) is 2.80. The average Bonchev–Trinajstić information content (AvgIpc) is 2.93. The molecule has 1 heterocycles. The van der Waals surface area contributed by atoms with Crippen molar-refractivity contribution in [3.05, 3.63) is 50.0 Å². The standard InChI is InChI=1S/C14H12ClN3O5S/c1-2-23-12(19)6-9-7-24-14(16-9)17-13(20)10-5-8(15)3-4-11(10)18(21)22/h3-5,7H,2,6H2,1H3,(H,16,17,20). The van der Waals surface area contributed by atoms with Crippen LogP contribution in [0.5, 0.6) is 0 Å². The van der Waals surface area contributed by atoms with Crippen LogP contribution < -0.4 is 5.32 Å². The molecule has 2 aromatic rings. The number of ether oxygens (including phenoxy) is 1. The molecule has 0 unspecified atom stereocenters. The van der Waals surface area contributed by atoms with E-state index in [1.165, 1.54) is 12.1 Å². The first-order valence-corrected chi connectivity index (χ1v) is 8.01. The third-order valence-corrected chi connectivity index (χ3v) is 3.84. The molecule has 0 radical (unpaired) electrons. The van der Waals surface area contributed by atoms with Gasteiger partial charge in [-0.3, -0.25) is 25.0 Å². The van der Waals surface area contributed by atoms with Crippen LogP contribution in [-0.2, 0) is 16.0 Å². The molecular weight excluding hydrogens is 358 g/mol. The molecule has 1 N–H and O–H groups in total. The van der Waals surface area contributed by atoms with Crippen molar-refractivity contribution < 1.29 is 19.2 Å². The van der Waals surface area contributed by atoms with Crippen LogP contribution in [0.2, 0.25) is 5.02 Å². The Kier molecular flexibility index (Phi) is 5.83. The lowest BCUT2D eigenvalue weighted by atomic mass is 10.1. The molecule has 0 fully saturated rings. The van der Waals surface area contributed by atoms with Gasteiger partial charge in [-0.05, 0) is 19.1 Å². The quantitative estimate of drug-likeness (QED) is 0.475. The van der Waals surface area contributed by atoms with Crippen molar-refractivity contribution in [3.63, 3.8) is 0 Å². The summed E-state index contributed by atoms with van der Waals surface area (Å²) >= 11 is 6.89. The molecule has 0 atom stereocenters. The van der Waals surface area contributed by atoms with E-state index < -0.39 is 16.8 Å². The zero-order chi connectivity index (χ0) is 17.7. The molecule has 0 saturated carbocycles. The fourth-order valence-electron chi connectivity index (χ4n) is 1.82. The molecule has 2 rings (SSSR count). The highest BCUT2D eigenvalue weighted by Gasteiger charge is 2.21. The Morgan fingerprint density at radius 3 is 2.88 bits per heavy atom. The number of carbonyl (C=O) groups excluding carboxylic acids is 2. The van der Waals surface area contributed by atoms with Crippen molar-refractivity contribution in [1.29, 1.82) is 0 Å². The van der Waals surface area contributed by atoms with E-state index in [1.54, 1.807) is 12.3 Å². The second-order valence-electron chi connectivity index (χ2n) is 4.50. The molecule has 0 aliphatic carbocycles. The minimum Gasteiger partial charge on any atom is -0.466 e. The number of hydrogen-bond acceptors (Lipinski definition) is 7. The topological polar surface area (TPSA) is 111 Å². The number of nitro benzene ring substituents is 1. The molecule has 0 saturated heterocycles. The van der Waals surface area contributed by atoms with Gasteiger partial charge in [-0.15, -0.1) is 11.3 Å². The summed E-state index contributed by atoms with van der Waals surface area (Å²) in [5.74, 6) is -1.13. The van der Waals surface area contributed by atoms with Crippen LogP contribution >= 0.6 is 22.9 Å². The summed E-state index contributed by atoms with van der Waals surface area (Å²) < 4.78 is 4.81. The second-order valence-corrected chi connectivity index (χ2v) is 5.79. The fourth-order valence-corrected chi connectivity index (χ4v) is 2.70. The van der Waals surface area contributed by atoms with Crippen LogP contribution in [-0.4, -0.2) is 28.4 Å². The van der Waals surface area contributed by atoms with Crippen molar-refractivity contribution in [1.82, 2.24) is 4.98 Å². The Balaban J connectivity index is 2.13. The van der Waals surface area contributed by atoms with E-state index in [2.05, 4.69) is 10.3 Å². The predicted molar refractivity (Wildman–Crippen MR) is 88.5 cm³/mol. The normalized spacial score (nSPS) is 10.2. The number of nitrogens with zero attached hydrogens (tertiary/aromatic N) is 2. The number of thiazole rings is 1. The third kappa shape index (κ3) is 4.49. The summed E-state index contributed by atoms with van der Waals surface area (Å²) in [5.41, 5.74) is -0.0933. The fraction of sp³-hybridized carbons (Fsp3) is 0.214. The van der Waals surface area contributed by atoms with Crippen LogP contribution in [0.4, 0.5) is 10.8 Å². The number of anilines is 1. The number of benzene rings is 1. The molecule has 0 spiro atoms. The minimum absolute atomic E-state index is 0.0163. The number of hydrogen-bond donors (Lipinski definition) is 1. The minimum atomic E-state index is -0.707. The van der Waals surface area contributed by atoms with Crippen LogP contribution in [0.25, 0.3) is 0 Å². The van der Waals surface area contributed by atoms with E-state index in [1.807, 2.05) is 0 Å². The van der Waals surface area contributed by atoms with Crippen molar-refractivity contribution in [2.75, 3.05) is 11.9 Å². The van der Waals surface area contributed by atoms with Gasteiger partial charge in [-0.1, -0.05) is 11.6 Å². The molecule has 1 aromatic heterocycles. The summed E-state index contributed by atoms with van der Waals surface area (Å²) in [6.07, 6.45) is -0.0163. The van der Waals surface area contributed by atoms with E-state index in [-0.39, 0.29) is 34.4 Å². The van der Waals surface area contributed by atoms with Crippen LogP contribution in [0.1, 0.15) is 23.0 Å². The van der Waals surface area contributed by atoms with E-state index in [4.69, 9.17) is 16.3 Å². The Labute approximate surface area is 145 Å². The smallest absolute Gasteiger partial charge is 0.311 e. The summed E-state index contributed by atoms with van der Waals surface area (Å²) in [6, 6.07) is 3.70. The molecule has 1 aromatic carbocycles. The second kappa shape index (κ2) is 7.84. The molecule has 8 nitrogen and oxygen atoms in total. The monoisotopic (exact) mass is 369 g/mol. The summed E-state index contributed by atoms with van der Waals surface area (Å²) in [6.45, 7) is 1.97. The van der Waals surface area contributed by atoms with E-state index in [9.17, 15) is 19.7 Å². The molecule has 24 heavy (non-hydrogen) atoms. The lowest BCUT2D eigenvalue weighted by Gasteiger charge is -2.03. The highest BCUT2D eigenvalue weighted by molar-refractivity contribution is 7.14. The SMILES string of the molecule is CCOC(=O)Cc1csc(NC(=O)c2cc(Cl)ccc2[N+](=O)[O-])n1. The van der Waals surface area contributed by atoms with Gasteiger partial charge in [-0.25, -0.2) is 4.98 Å². The molecule has 0 aliphatic heterocycles. The van der Waals surface area contributed by atoms with Gasteiger partial charge in [0.1, 0.15) is 5.56 Å². The first-order valence-electron chi connectivity index (χ1n) is 6.76. The van der Waals surface area contributed by atoms with Gasteiger partial charge in [0, 0.05) is 16.5 Å². The van der Waals surface area contributed by atoms with E-state index in [0.29, 0.717) is 5.69 Å². The van der Waals surface area contributed by atoms with Gasteiger partial charge in [0.05, 0.1) is 23.6 Å². The predicted octanol–water partition coefficient (Wildman–Crippen LogP) is 3.06. The van der Waals surface area contributed by atoms with E-state index in [0.717, 1.165) is 17.4 Å². The number of aromatic nitrogens is 1. The Morgan fingerprint density at radius 1 is 1.46 bits per heavy atom. The van der Waals surface area contributed by atoms with Gasteiger partial charge in [0.15, 0.2) is 5.13 Å². The van der Waals surface area contributed by atoms with Crippen molar-refractivity contribution in [2.24, 2.45) is 0 Å². The van der Waals surface area contributed by atoms with Gasteiger partial charge in [0.25, 0.3) is 11.6 Å². The average molecular weight is 370 g/mol. The number of amides is 1. The van der Waals surface area contributed by atoms with Crippen molar-refractivity contribution in [2.45, 2.75) is 13.3 Å². The Hall–Kier alpha value is -2.52. The molecular formula is C14H12ClN3O5S. The Bertz CT molecular complexity index is 792. The Morgan fingerprint density at radius 2 is 2.21 bits per heavy atom.